The predicted octanol–water partition coefficient (Wildman–Crippen LogP) is 14.3. The highest BCUT2D eigenvalue weighted by Gasteiger charge is 2.36. The first-order valence-electron chi connectivity index (χ1n) is 30.0. The molecule has 1 atom stereocenters. The molecular formula is C51H37N. The van der Waals surface area contributed by atoms with E-state index >= 15 is 0 Å². The van der Waals surface area contributed by atoms with Crippen molar-refractivity contribution in [2.75, 3.05) is 4.90 Å². The number of nitrogens with zero attached hydrogens (tertiary/aromatic N) is 1. The number of benzene rings is 9. The van der Waals surface area contributed by atoms with E-state index in [2.05, 4.69) is 0 Å². The fraction of sp³-hybridized carbons (Fsp3) is 0.0588. The summed E-state index contributed by atoms with van der Waals surface area (Å²) in [4.78, 5) is 0.566. The molecule has 0 heterocycles. The Bertz CT molecular complexity index is 4310. The first kappa shape index (κ1) is 13.3. The molecule has 246 valence electrons. The zero-order valence-electron chi connectivity index (χ0n) is 54.7. The van der Waals surface area contributed by atoms with Gasteiger partial charge in [-0.3, -0.25) is 0 Å². The van der Waals surface area contributed by atoms with Crippen molar-refractivity contribution in [3.63, 3.8) is 0 Å². The van der Waals surface area contributed by atoms with Gasteiger partial charge in [-0.05, 0) is 108 Å². The quantitative estimate of drug-likeness (QED) is 0.162. The van der Waals surface area contributed by atoms with Crippen molar-refractivity contribution in [1.29, 1.82) is 0 Å². The first-order chi connectivity index (χ1) is 37.3. The van der Waals surface area contributed by atoms with Crippen LogP contribution in [-0.2, 0) is 5.41 Å². The van der Waals surface area contributed by atoms with Gasteiger partial charge in [0.2, 0.25) is 0 Å². The van der Waals surface area contributed by atoms with Crippen molar-refractivity contribution >= 4 is 49.4 Å². The van der Waals surface area contributed by atoms with Crippen molar-refractivity contribution in [1.82, 2.24) is 0 Å². The molecule has 0 amide bonds. The molecule has 0 bridgehead atoms. The molecule has 1 unspecified atom stereocenters. The van der Waals surface area contributed by atoms with E-state index < -0.39 is 225 Å². The van der Waals surface area contributed by atoms with Gasteiger partial charge in [0, 0.05) is 27.8 Å². The van der Waals surface area contributed by atoms with E-state index in [0.717, 1.165) is 24.3 Å². The summed E-state index contributed by atoms with van der Waals surface area (Å²) in [5.74, 6) is 0. The van der Waals surface area contributed by atoms with Gasteiger partial charge in [0.05, 0.1) is 38.6 Å². The van der Waals surface area contributed by atoms with E-state index in [1.54, 1.807) is 0 Å². The zero-order chi connectivity index (χ0) is 58.9. The Balaban J connectivity index is 1.54. The SMILES string of the molecule is [2H]CC1(C([2H])([2H])[2H])c2c([2H])c([2H])c([2H])c([2H])c2-c2c([2H])c([2H])c(N(c3c([2H])c([2H])c(-c4c([2H])ccc([2H])c4[2H])c([2H])c3[2H])c3c(-c4cc([2H])c([2H])c([2H])c4[2H])cc4c5cc([2H])c([2H])cc5c5c([2H])cc([2H])c([2H])c5c4c3[2H])c([2H])c21. The van der Waals surface area contributed by atoms with Crippen LogP contribution in [0.5, 0.6) is 0 Å². The monoisotopic (exact) mass is 691 g/mol. The van der Waals surface area contributed by atoms with Crippen molar-refractivity contribution in [3.8, 4) is 33.4 Å². The molecule has 52 heavy (non-hydrogen) atoms. The minimum absolute atomic E-state index is 0.0133. The summed E-state index contributed by atoms with van der Waals surface area (Å²) in [6, 6.07) is -12.0. The number of rotatable bonds is 5. The van der Waals surface area contributed by atoms with Gasteiger partial charge in [0.15, 0.2) is 0 Å². The van der Waals surface area contributed by atoms with Crippen LogP contribution in [0.1, 0.15) is 63.3 Å². The minimum atomic E-state index is -3.55. The minimum Gasteiger partial charge on any atom is -0.310 e. The first-order valence-corrected chi connectivity index (χ1v) is 15.8. The Morgan fingerprint density at radius 2 is 1.19 bits per heavy atom. The molecule has 9 aromatic carbocycles. The lowest BCUT2D eigenvalue weighted by Gasteiger charge is -2.30. The molecule has 0 aromatic heterocycles. The molecule has 1 aliphatic carbocycles. The van der Waals surface area contributed by atoms with Gasteiger partial charge in [-0.2, -0.15) is 0 Å². The molecular weight excluding hydrogens is 627 g/mol. The number of anilines is 3. The molecule has 0 fully saturated rings. The highest BCUT2D eigenvalue weighted by atomic mass is 15.1. The van der Waals surface area contributed by atoms with Crippen LogP contribution in [0.15, 0.2) is 187 Å². The molecule has 10 rings (SSSR count). The van der Waals surface area contributed by atoms with Crippen LogP contribution in [-0.4, -0.2) is 0 Å². The van der Waals surface area contributed by atoms with Crippen LogP contribution in [0, 0.1) is 0 Å². The molecule has 9 aromatic rings. The third-order valence-corrected chi connectivity index (χ3v) is 8.96. The number of hydrogen-bond donors (Lipinski definition) is 0. The summed E-state index contributed by atoms with van der Waals surface area (Å²) in [7, 11) is 0. The molecule has 0 radical (unpaired) electrons. The topological polar surface area (TPSA) is 3.24 Å². The molecule has 0 aliphatic heterocycles. The fourth-order valence-electron chi connectivity index (χ4n) is 6.61. The van der Waals surface area contributed by atoms with E-state index in [1.165, 1.54) is 18.2 Å². The largest absolute Gasteiger partial charge is 0.310 e. The lowest BCUT2D eigenvalue weighted by atomic mass is 9.82. The van der Waals surface area contributed by atoms with Crippen molar-refractivity contribution in [2.45, 2.75) is 19.2 Å². The van der Waals surface area contributed by atoms with E-state index in [-0.39, 0.29) is 33.0 Å². The van der Waals surface area contributed by atoms with Crippen LogP contribution in [0.25, 0.3) is 65.7 Å². The second-order valence-electron chi connectivity index (χ2n) is 11.9. The summed E-state index contributed by atoms with van der Waals surface area (Å²) in [5.41, 5.74) is -11.2. The molecule has 0 N–H and O–H groups in total. The van der Waals surface area contributed by atoms with Crippen molar-refractivity contribution < 1.29 is 38.4 Å². The van der Waals surface area contributed by atoms with Gasteiger partial charge in [-0.15, -0.1) is 0 Å². The summed E-state index contributed by atoms with van der Waals surface area (Å²) >= 11 is 0. The van der Waals surface area contributed by atoms with Gasteiger partial charge < -0.3 is 4.90 Å². The maximum absolute atomic E-state index is 10.6. The Hall–Kier alpha value is -6.44. The zero-order valence-corrected chi connectivity index (χ0v) is 26.7. The highest BCUT2D eigenvalue weighted by Crippen LogP contribution is 2.52. The third-order valence-electron chi connectivity index (χ3n) is 8.96. The summed E-state index contributed by atoms with van der Waals surface area (Å²) < 4.78 is 257. The Morgan fingerprint density at radius 3 is 2.08 bits per heavy atom. The maximum Gasteiger partial charge on any atom is 0.0652 e. The highest BCUT2D eigenvalue weighted by molar-refractivity contribution is 6.26. The standard InChI is InChI=1S/C51H37N/c1-51(2)48-24-14-13-23-43(48)44-30-29-38(31-49(44)51)52(37-27-25-35(26-28-37)34-15-5-3-6-16-34)50-33-47-42-22-12-10-20-40(42)39-19-9-11-21-41(39)46(47)32-45(50)36-17-7-4-8-18-36/h3-33H,1-2H3/i1D,2D3,4D,5D,7D,8D,9D,11D,12D,13D,14D,15D,16D,17D,20D,22D,23D,24D,25D,26D,27D,28D,29D,30D,31D,33D. The van der Waals surface area contributed by atoms with E-state index in [4.69, 9.17) is 24.7 Å². The van der Waals surface area contributed by atoms with Gasteiger partial charge in [-0.1, -0.05) is 165 Å². The Morgan fingerprint density at radius 1 is 0.462 bits per heavy atom. The second kappa shape index (κ2) is 11.8. The van der Waals surface area contributed by atoms with Crippen LogP contribution in [0.3, 0.4) is 0 Å². The third kappa shape index (κ3) is 4.70. The average Bonchev–Trinajstić information content (AvgIpc) is 3.74. The van der Waals surface area contributed by atoms with Gasteiger partial charge in [-0.25, -0.2) is 0 Å². The molecule has 1 heteroatoms. The lowest BCUT2D eigenvalue weighted by Crippen LogP contribution is -2.17. The van der Waals surface area contributed by atoms with Crippen LogP contribution in [0.4, 0.5) is 17.1 Å². The van der Waals surface area contributed by atoms with Crippen LogP contribution >= 0.6 is 0 Å². The van der Waals surface area contributed by atoms with E-state index in [9.17, 15) is 13.7 Å². The number of fused-ring (bicyclic) bond motifs is 9. The Labute approximate surface area is 344 Å². The second-order valence-corrected chi connectivity index (χ2v) is 11.9. The molecule has 0 spiro atoms. The normalized spacial score (nSPS) is 22.6. The van der Waals surface area contributed by atoms with Gasteiger partial charge >= 0.3 is 0 Å². The van der Waals surface area contributed by atoms with Crippen molar-refractivity contribution in [3.05, 3.63) is 199 Å². The lowest BCUT2D eigenvalue weighted by molar-refractivity contribution is 0.660. The van der Waals surface area contributed by atoms with Crippen LogP contribution in [0.2, 0.25) is 0 Å². The number of hydrogen-bond acceptors (Lipinski definition) is 1. The fourth-order valence-corrected chi connectivity index (χ4v) is 6.61. The summed E-state index contributed by atoms with van der Waals surface area (Å²) in [6.07, 6.45) is 0. The summed E-state index contributed by atoms with van der Waals surface area (Å²) in [5, 5.41) is -0.951. The van der Waals surface area contributed by atoms with E-state index in [1.807, 2.05) is 0 Å². The van der Waals surface area contributed by atoms with Gasteiger partial charge in [0.1, 0.15) is 0 Å². The van der Waals surface area contributed by atoms with E-state index in [0.29, 0.717) is 4.90 Å². The van der Waals surface area contributed by atoms with Crippen LogP contribution < -0.4 is 4.90 Å². The van der Waals surface area contributed by atoms with Crippen molar-refractivity contribution in [2.24, 2.45) is 0 Å². The molecule has 1 aliphatic rings. The smallest absolute Gasteiger partial charge is 0.0652 e. The molecule has 0 saturated heterocycles. The summed E-state index contributed by atoms with van der Waals surface area (Å²) in [6.45, 7) is -4.87. The Kier molecular flexibility index (Phi) is 3.02. The van der Waals surface area contributed by atoms with Gasteiger partial charge in [0.25, 0.3) is 0 Å². The molecule has 0 saturated carbocycles. The maximum atomic E-state index is 10.6. The average molecular weight is 692 g/mol. The predicted molar refractivity (Wildman–Crippen MR) is 222 cm³/mol. The molecule has 1 nitrogen and oxygen atoms in total.